The summed E-state index contributed by atoms with van der Waals surface area (Å²) in [5.74, 6) is -0.908. The first-order chi connectivity index (χ1) is 20.8. The van der Waals surface area contributed by atoms with Gasteiger partial charge in [0, 0.05) is 41.5 Å². The Hall–Kier alpha value is -4.44. The summed E-state index contributed by atoms with van der Waals surface area (Å²) in [5, 5.41) is 14.4. The number of amides is 2. The number of carbonyl (C=O) groups excluding carboxylic acids is 2. The van der Waals surface area contributed by atoms with E-state index in [0.717, 1.165) is 28.9 Å². The normalized spacial score (nSPS) is 19.3. The van der Waals surface area contributed by atoms with Gasteiger partial charge in [-0.15, -0.1) is 5.10 Å². The Bertz CT molecular complexity index is 1710. The van der Waals surface area contributed by atoms with Crippen molar-refractivity contribution in [3.63, 3.8) is 0 Å². The van der Waals surface area contributed by atoms with E-state index in [0.29, 0.717) is 37.1 Å². The molecular weight excluding hydrogens is 569 g/mol. The Balaban J connectivity index is 1.38. The largest absolute Gasteiger partial charge is 0.330 e. The number of pyridine rings is 1. The Labute approximate surface area is 253 Å². The van der Waals surface area contributed by atoms with Crippen LogP contribution in [0.5, 0.6) is 0 Å². The van der Waals surface area contributed by atoms with Crippen LogP contribution in [0.25, 0.3) is 22.4 Å². The Morgan fingerprint density at radius 1 is 1.09 bits per heavy atom. The van der Waals surface area contributed by atoms with E-state index < -0.39 is 5.82 Å². The third kappa shape index (κ3) is 5.67. The van der Waals surface area contributed by atoms with Crippen molar-refractivity contribution in [2.45, 2.75) is 45.6 Å². The highest BCUT2D eigenvalue weighted by molar-refractivity contribution is 6.31. The van der Waals surface area contributed by atoms with Gasteiger partial charge < -0.3 is 10.2 Å². The first kappa shape index (κ1) is 28.7. The monoisotopic (exact) mass is 599 g/mol. The number of para-hydroxylation sites is 1. The van der Waals surface area contributed by atoms with Crippen LogP contribution in [0.2, 0.25) is 5.02 Å². The van der Waals surface area contributed by atoms with Gasteiger partial charge in [-0.1, -0.05) is 50.1 Å². The zero-order chi connectivity index (χ0) is 30.1. The first-order valence-electron chi connectivity index (χ1n) is 14.4. The first-order valence-corrected chi connectivity index (χ1v) is 14.8. The molecule has 0 spiro atoms. The number of nitrogens with one attached hydrogen (secondary N) is 1. The lowest BCUT2D eigenvalue weighted by Crippen LogP contribution is -2.38. The molecule has 2 amide bonds. The molecule has 220 valence electrons. The predicted octanol–water partition coefficient (Wildman–Crippen LogP) is 6.27. The molecule has 0 fully saturated rings. The van der Waals surface area contributed by atoms with Crippen molar-refractivity contribution in [2.75, 3.05) is 11.9 Å². The van der Waals surface area contributed by atoms with Gasteiger partial charge in [0.25, 0.3) is 0 Å². The summed E-state index contributed by atoms with van der Waals surface area (Å²) in [7, 11) is 0. The van der Waals surface area contributed by atoms with Crippen molar-refractivity contribution in [2.24, 2.45) is 11.8 Å². The van der Waals surface area contributed by atoms with E-state index in [4.69, 9.17) is 16.6 Å². The molecule has 2 atom stereocenters. The molecule has 0 saturated heterocycles. The van der Waals surface area contributed by atoms with E-state index in [2.05, 4.69) is 34.7 Å². The summed E-state index contributed by atoms with van der Waals surface area (Å²) in [4.78, 5) is 33.7. The van der Waals surface area contributed by atoms with Crippen LogP contribution in [0.4, 0.5) is 10.1 Å². The van der Waals surface area contributed by atoms with Crippen molar-refractivity contribution in [3.05, 3.63) is 89.2 Å². The number of halogens is 2. The molecule has 2 bridgehead atoms. The van der Waals surface area contributed by atoms with Crippen LogP contribution >= 0.6 is 11.6 Å². The minimum Gasteiger partial charge on any atom is -0.330 e. The molecule has 0 radical (unpaired) electrons. The zero-order valence-corrected chi connectivity index (χ0v) is 24.6. The van der Waals surface area contributed by atoms with E-state index >= 15 is 4.39 Å². The molecule has 0 unspecified atom stereocenters. The van der Waals surface area contributed by atoms with E-state index in [1.54, 1.807) is 17.2 Å². The van der Waals surface area contributed by atoms with E-state index in [9.17, 15) is 9.59 Å². The molecule has 11 heteroatoms. The lowest BCUT2D eigenvalue weighted by molar-refractivity contribution is -0.129. The standard InChI is InChI=1S/C32H31ClFN7O2/c1-19(2)22-7-5-9-27(26-16-20(12-14-35-26)23-6-3-4-8-25(23)37-32(22)43)40-15-13-21(17-29(40)42)30-28(41-18-36-38-39-41)11-10-24(33)31(30)34/h3-4,6,8,10-12,14,16-19,22,27H,5,7,9,13,15H2,1-2H3,(H,37,43)/t22-,27-/m0/s1. The average Bonchev–Trinajstić information content (AvgIpc) is 3.53. The van der Waals surface area contributed by atoms with E-state index in [-0.39, 0.29) is 40.3 Å². The zero-order valence-electron chi connectivity index (χ0n) is 23.9. The lowest BCUT2D eigenvalue weighted by Gasteiger charge is -2.35. The number of rotatable bonds is 4. The molecule has 0 aliphatic carbocycles. The second-order valence-corrected chi connectivity index (χ2v) is 11.7. The molecule has 2 aliphatic rings. The van der Waals surface area contributed by atoms with Gasteiger partial charge in [-0.05, 0) is 77.1 Å². The van der Waals surface area contributed by atoms with Crippen LogP contribution in [0, 0.1) is 17.7 Å². The fourth-order valence-electron chi connectivity index (χ4n) is 6.10. The molecule has 4 heterocycles. The second kappa shape index (κ2) is 12.0. The smallest absolute Gasteiger partial charge is 0.247 e. The summed E-state index contributed by atoms with van der Waals surface area (Å²) in [6.07, 6.45) is 7.02. The number of tetrazole rings is 1. The van der Waals surface area contributed by atoms with E-state index in [1.165, 1.54) is 23.2 Å². The molecule has 2 aromatic heterocycles. The maximum Gasteiger partial charge on any atom is 0.247 e. The van der Waals surface area contributed by atoms with Gasteiger partial charge in [-0.2, -0.15) is 4.68 Å². The molecule has 0 saturated carbocycles. The minimum absolute atomic E-state index is 0.00240. The number of anilines is 1. The molecule has 2 aliphatic heterocycles. The van der Waals surface area contributed by atoms with Crippen molar-refractivity contribution in [3.8, 4) is 16.8 Å². The third-order valence-electron chi connectivity index (χ3n) is 8.32. The van der Waals surface area contributed by atoms with E-state index in [1.807, 2.05) is 36.4 Å². The van der Waals surface area contributed by atoms with Gasteiger partial charge >= 0.3 is 0 Å². The summed E-state index contributed by atoms with van der Waals surface area (Å²) in [6, 6.07) is 14.4. The number of carbonyl (C=O) groups is 2. The van der Waals surface area contributed by atoms with Crippen molar-refractivity contribution < 1.29 is 14.0 Å². The van der Waals surface area contributed by atoms with Gasteiger partial charge in [0.2, 0.25) is 11.8 Å². The van der Waals surface area contributed by atoms with Crippen LogP contribution in [-0.2, 0) is 9.59 Å². The Morgan fingerprint density at radius 2 is 1.93 bits per heavy atom. The molecule has 43 heavy (non-hydrogen) atoms. The minimum atomic E-state index is -0.626. The van der Waals surface area contributed by atoms with Gasteiger partial charge in [-0.3, -0.25) is 14.6 Å². The van der Waals surface area contributed by atoms with Gasteiger partial charge in [0.05, 0.1) is 22.4 Å². The Morgan fingerprint density at radius 3 is 2.70 bits per heavy atom. The van der Waals surface area contributed by atoms with Crippen LogP contribution in [-0.4, -0.2) is 48.5 Å². The van der Waals surface area contributed by atoms with Crippen molar-refractivity contribution in [1.29, 1.82) is 0 Å². The fourth-order valence-corrected chi connectivity index (χ4v) is 6.26. The maximum atomic E-state index is 15.4. The predicted molar refractivity (Wildman–Crippen MR) is 162 cm³/mol. The fraction of sp³-hybridized carbons (Fsp3) is 0.312. The molecule has 2 aromatic carbocycles. The number of aromatic nitrogens is 5. The number of hydrogen-bond acceptors (Lipinski definition) is 6. The molecule has 4 aromatic rings. The number of nitrogens with zero attached hydrogens (tertiary/aromatic N) is 6. The number of benzene rings is 2. The Kier molecular flexibility index (Phi) is 8.03. The summed E-state index contributed by atoms with van der Waals surface area (Å²) >= 11 is 6.16. The quantitative estimate of drug-likeness (QED) is 0.296. The summed E-state index contributed by atoms with van der Waals surface area (Å²) in [5.41, 5.74) is 4.43. The van der Waals surface area contributed by atoms with Crippen LogP contribution < -0.4 is 5.32 Å². The van der Waals surface area contributed by atoms with Crippen LogP contribution in [0.15, 0.2) is 67.1 Å². The molecule has 6 rings (SSSR count). The SMILES string of the molecule is CC(C)[C@@H]1CCC[C@H](N2CCC(c3c(-n4cnnn4)ccc(Cl)c3F)=CC2=O)c2cc(ccn2)-c2ccccc2NC1=O. The van der Waals surface area contributed by atoms with Crippen molar-refractivity contribution >= 4 is 34.7 Å². The average molecular weight is 600 g/mol. The highest BCUT2D eigenvalue weighted by atomic mass is 35.5. The molecular formula is C32H31ClFN7O2. The number of fused-ring (bicyclic) bond motifs is 4. The number of hydrogen-bond donors (Lipinski definition) is 1. The molecule has 9 nitrogen and oxygen atoms in total. The second-order valence-electron chi connectivity index (χ2n) is 11.3. The van der Waals surface area contributed by atoms with Crippen molar-refractivity contribution in [1.82, 2.24) is 30.1 Å². The lowest BCUT2D eigenvalue weighted by atomic mass is 9.87. The highest BCUT2D eigenvalue weighted by Gasteiger charge is 2.32. The summed E-state index contributed by atoms with van der Waals surface area (Å²) < 4.78 is 16.8. The van der Waals surface area contributed by atoms with Gasteiger partial charge in [0.1, 0.15) is 6.33 Å². The maximum absolute atomic E-state index is 15.4. The topological polar surface area (TPSA) is 106 Å². The van der Waals surface area contributed by atoms with Gasteiger partial charge in [-0.25, -0.2) is 4.39 Å². The third-order valence-corrected chi connectivity index (χ3v) is 8.61. The van der Waals surface area contributed by atoms with Crippen LogP contribution in [0.1, 0.15) is 56.8 Å². The van der Waals surface area contributed by atoms with Gasteiger partial charge in [0.15, 0.2) is 5.82 Å². The summed E-state index contributed by atoms with van der Waals surface area (Å²) in [6.45, 7) is 4.47. The highest BCUT2D eigenvalue weighted by Crippen LogP contribution is 2.38. The van der Waals surface area contributed by atoms with Crippen LogP contribution in [0.3, 0.4) is 0 Å². The molecule has 1 N–H and O–H groups in total.